The van der Waals surface area contributed by atoms with E-state index in [9.17, 15) is 4.79 Å². The predicted molar refractivity (Wildman–Crippen MR) is 72.2 cm³/mol. The molecule has 0 saturated carbocycles. The molecule has 0 N–H and O–H groups in total. The molecule has 0 radical (unpaired) electrons. The molecule has 0 aliphatic rings. The normalized spacial score (nSPS) is 11.6. The van der Waals surface area contributed by atoms with Crippen molar-refractivity contribution in [3.05, 3.63) is 48.0 Å². The second kappa shape index (κ2) is 4.11. The number of fused-ring (bicyclic) bond motifs is 3. The first-order valence-electron chi connectivity index (χ1n) is 5.74. The maximum Gasteiger partial charge on any atom is 0.280 e. The highest BCUT2D eigenvalue weighted by molar-refractivity contribution is 6.14. The van der Waals surface area contributed by atoms with Crippen molar-refractivity contribution in [1.82, 2.24) is 0 Å². The summed E-state index contributed by atoms with van der Waals surface area (Å²) in [5, 5.41) is 1.96. The molecule has 0 saturated heterocycles. The minimum atomic E-state index is -0.276. The van der Waals surface area contributed by atoms with Crippen LogP contribution in [-0.4, -0.2) is 12.1 Å². The van der Waals surface area contributed by atoms with Crippen molar-refractivity contribution in [2.75, 3.05) is 0 Å². The fourth-order valence-electron chi connectivity index (χ4n) is 2.10. The van der Waals surface area contributed by atoms with E-state index in [0.29, 0.717) is 11.1 Å². The smallest absolute Gasteiger partial charge is 0.280 e. The van der Waals surface area contributed by atoms with E-state index in [1.165, 1.54) is 6.21 Å². The molecule has 0 bridgehead atoms. The van der Waals surface area contributed by atoms with Gasteiger partial charge in [0.25, 0.3) is 5.91 Å². The molecule has 3 nitrogen and oxygen atoms in total. The lowest BCUT2D eigenvalue weighted by Crippen LogP contribution is -1.94. The van der Waals surface area contributed by atoms with Crippen LogP contribution in [0.4, 0.5) is 0 Å². The number of amides is 1. The van der Waals surface area contributed by atoms with E-state index >= 15 is 0 Å². The van der Waals surface area contributed by atoms with Gasteiger partial charge in [0.15, 0.2) is 0 Å². The first kappa shape index (κ1) is 10.7. The van der Waals surface area contributed by atoms with Crippen molar-refractivity contribution in [2.45, 2.75) is 6.92 Å². The predicted octanol–water partition coefficient (Wildman–Crippen LogP) is 3.82. The molecular weight excluding hydrogens is 226 g/mol. The van der Waals surface area contributed by atoms with Crippen LogP contribution in [0.15, 0.2) is 51.9 Å². The number of carbonyl (C=O) groups excluding carboxylic acids is 1. The zero-order chi connectivity index (χ0) is 12.5. The molecule has 3 rings (SSSR count). The number of hydrogen-bond acceptors (Lipinski definition) is 2. The van der Waals surface area contributed by atoms with Crippen LogP contribution in [0.5, 0.6) is 0 Å². The van der Waals surface area contributed by atoms with Crippen LogP contribution in [0.2, 0.25) is 0 Å². The molecule has 0 atom stereocenters. The summed E-state index contributed by atoms with van der Waals surface area (Å²) in [6, 6.07) is 13.3. The van der Waals surface area contributed by atoms with Crippen molar-refractivity contribution in [3.63, 3.8) is 0 Å². The van der Waals surface area contributed by atoms with Gasteiger partial charge >= 0.3 is 0 Å². The second-order valence-electron chi connectivity index (χ2n) is 3.97. The van der Waals surface area contributed by atoms with E-state index in [-0.39, 0.29) is 5.91 Å². The van der Waals surface area contributed by atoms with Crippen molar-refractivity contribution < 1.29 is 9.21 Å². The number of para-hydroxylation sites is 2. The molecule has 0 aliphatic carbocycles. The topological polar surface area (TPSA) is 42.6 Å². The van der Waals surface area contributed by atoms with Gasteiger partial charge in [-0.25, -0.2) is 4.99 Å². The molecule has 1 heterocycles. The Labute approximate surface area is 104 Å². The van der Waals surface area contributed by atoms with Crippen LogP contribution in [0.3, 0.4) is 0 Å². The van der Waals surface area contributed by atoms with Crippen molar-refractivity contribution in [1.29, 1.82) is 0 Å². The molecule has 3 aromatic rings. The number of benzene rings is 2. The number of nitrogens with zero attached hydrogens (tertiary/aromatic N) is 1. The summed E-state index contributed by atoms with van der Waals surface area (Å²) in [6.07, 6.45) is 1.49. The first-order valence-corrected chi connectivity index (χ1v) is 5.74. The van der Waals surface area contributed by atoms with Gasteiger partial charge in [-0.2, -0.15) is 0 Å². The summed E-state index contributed by atoms with van der Waals surface area (Å²) in [4.78, 5) is 15.7. The lowest BCUT2D eigenvalue weighted by atomic mass is 10.1. The molecule has 0 aliphatic heterocycles. The van der Waals surface area contributed by atoms with Gasteiger partial charge in [0, 0.05) is 17.0 Å². The highest BCUT2D eigenvalue weighted by atomic mass is 16.3. The number of carbonyl (C=O) groups is 1. The van der Waals surface area contributed by atoms with Gasteiger partial charge in [0.2, 0.25) is 0 Å². The Morgan fingerprint density at radius 3 is 2.72 bits per heavy atom. The Kier molecular flexibility index (Phi) is 2.45. The van der Waals surface area contributed by atoms with Crippen LogP contribution < -0.4 is 0 Å². The number of hydrogen-bond donors (Lipinski definition) is 0. The number of rotatable bonds is 1. The molecule has 0 spiro atoms. The van der Waals surface area contributed by atoms with E-state index in [4.69, 9.17) is 4.42 Å². The summed E-state index contributed by atoms with van der Waals surface area (Å²) in [6.45, 7) is 1.72. The maximum atomic E-state index is 11.9. The Morgan fingerprint density at radius 1 is 1.11 bits per heavy atom. The molecule has 0 fully saturated rings. The monoisotopic (exact) mass is 237 g/mol. The molecule has 2 aromatic carbocycles. The van der Waals surface area contributed by atoms with Gasteiger partial charge < -0.3 is 4.42 Å². The zero-order valence-electron chi connectivity index (χ0n) is 9.88. The third-order valence-corrected chi connectivity index (χ3v) is 2.88. The maximum absolute atomic E-state index is 11.9. The summed E-state index contributed by atoms with van der Waals surface area (Å²) in [5.41, 5.74) is 1.89. The minimum Gasteiger partial charge on any atom is -0.455 e. The van der Waals surface area contributed by atoms with Gasteiger partial charge in [-0.05, 0) is 19.1 Å². The fourth-order valence-corrected chi connectivity index (χ4v) is 2.10. The largest absolute Gasteiger partial charge is 0.455 e. The number of aliphatic imine (C=N–C) groups is 1. The Balaban J connectivity index is 2.37. The average Bonchev–Trinajstić information content (AvgIpc) is 2.77. The first-order chi connectivity index (χ1) is 8.81. The van der Waals surface area contributed by atoms with Crippen molar-refractivity contribution in [3.8, 4) is 0 Å². The van der Waals surface area contributed by atoms with Gasteiger partial charge in [-0.1, -0.05) is 30.3 Å². The highest BCUT2D eigenvalue weighted by Crippen LogP contribution is 2.30. The van der Waals surface area contributed by atoms with E-state index in [2.05, 4.69) is 4.99 Å². The zero-order valence-corrected chi connectivity index (χ0v) is 9.88. The summed E-state index contributed by atoms with van der Waals surface area (Å²) < 4.78 is 5.76. The molecule has 3 heteroatoms. The van der Waals surface area contributed by atoms with Gasteiger partial charge in [-0.15, -0.1) is 0 Å². The molecule has 1 amide bonds. The summed E-state index contributed by atoms with van der Waals surface area (Å²) in [5.74, 6) is -0.276. The Bertz CT molecular complexity index is 768. The second-order valence-corrected chi connectivity index (χ2v) is 3.97. The molecular formula is C15H11NO2. The third kappa shape index (κ3) is 1.52. The molecule has 1 aromatic heterocycles. The van der Waals surface area contributed by atoms with E-state index < -0.39 is 0 Å². The van der Waals surface area contributed by atoms with Crippen LogP contribution in [-0.2, 0) is 0 Å². The lowest BCUT2D eigenvalue weighted by Gasteiger charge is -1.95. The van der Waals surface area contributed by atoms with Crippen LogP contribution >= 0.6 is 0 Å². The highest BCUT2D eigenvalue weighted by Gasteiger charge is 2.14. The number of furan rings is 1. The van der Waals surface area contributed by atoms with Gasteiger partial charge in [-0.3, -0.25) is 4.79 Å². The van der Waals surface area contributed by atoms with E-state index in [1.54, 1.807) is 13.0 Å². The minimum absolute atomic E-state index is 0.276. The third-order valence-electron chi connectivity index (χ3n) is 2.88. The summed E-state index contributed by atoms with van der Waals surface area (Å²) in [7, 11) is 0. The average molecular weight is 237 g/mol. The molecule has 88 valence electrons. The van der Waals surface area contributed by atoms with Gasteiger partial charge in [0.1, 0.15) is 11.2 Å². The fraction of sp³-hybridized carbons (Fsp3) is 0.0667. The van der Waals surface area contributed by atoms with Crippen molar-refractivity contribution >= 4 is 34.1 Å². The SMILES string of the molecule is CC=NC(=O)c1cccc2c1oc1ccccc12. The van der Waals surface area contributed by atoms with Crippen LogP contribution in [0, 0.1) is 0 Å². The van der Waals surface area contributed by atoms with E-state index in [1.807, 2.05) is 36.4 Å². The quantitative estimate of drug-likeness (QED) is 0.604. The summed E-state index contributed by atoms with van der Waals surface area (Å²) >= 11 is 0. The van der Waals surface area contributed by atoms with Gasteiger partial charge in [0.05, 0.1) is 5.56 Å². The Hall–Kier alpha value is -2.42. The molecule has 18 heavy (non-hydrogen) atoms. The van der Waals surface area contributed by atoms with Crippen LogP contribution in [0.25, 0.3) is 21.9 Å². The standard InChI is InChI=1S/C15H11NO2/c1-2-16-15(17)12-8-5-7-11-10-6-3-4-9-13(10)18-14(11)12/h2-9H,1H3. The van der Waals surface area contributed by atoms with Crippen molar-refractivity contribution in [2.24, 2.45) is 4.99 Å². The lowest BCUT2D eigenvalue weighted by molar-refractivity contribution is 0.100. The Morgan fingerprint density at radius 2 is 1.89 bits per heavy atom. The van der Waals surface area contributed by atoms with E-state index in [0.717, 1.165) is 16.4 Å². The van der Waals surface area contributed by atoms with Crippen LogP contribution in [0.1, 0.15) is 17.3 Å². The molecule has 0 unspecified atom stereocenters.